The highest BCUT2D eigenvalue weighted by molar-refractivity contribution is 7.89. The standard InChI is InChI=1S/C20H24FN3O3S/c21-18-7-4-8-19(15-18)28(26,27)24-13-11-23(12-14-24)16-20(25)22-10-9-17-5-2-1-3-6-17/h1-8,15H,9-14,16H2,(H,22,25). The third-order valence-corrected chi connectivity index (χ3v) is 6.61. The highest BCUT2D eigenvalue weighted by Gasteiger charge is 2.29. The normalized spacial score (nSPS) is 16.0. The first kappa shape index (κ1) is 20.4. The van der Waals surface area contributed by atoms with E-state index in [0.29, 0.717) is 19.6 Å². The second-order valence-electron chi connectivity index (χ2n) is 6.72. The molecule has 0 unspecified atom stereocenters. The average molecular weight is 405 g/mol. The van der Waals surface area contributed by atoms with Gasteiger partial charge in [0.05, 0.1) is 11.4 Å². The van der Waals surface area contributed by atoms with E-state index >= 15 is 0 Å². The van der Waals surface area contributed by atoms with Crippen molar-refractivity contribution < 1.29 is 17.6 Å². The lowest BCUT2D eigenvalue weighted by Crippen LogP contribution is -2.51. The van der Waals surface area contributed by atoms with Crippen molar-refractivity contribution >= 4 is 15.9 Å². The van der Waals surface area contributed by atoms with Crippen molar-refractivity contribution in [2.75, 3.05) is 39.3 Å². The largest absolute Gasteiger partial charge is 0.355 e. The molecule has 2 aromatic carbocycles. The van der Waals surface area contributed by atoms with E-state index in [2.05, 4.69) is 5.32 Å². The van der Waals surface area contributed by atoms with Gasteiger partial charge < -0.3 is 5.32 Å². The molecule has 1 heterocycles. The maximum atomic E-state index is 13.3. The van der Waals surface area contributed by atoms with Gasteiger partial charge in [-0.2, -0.15) is 4.31 Å². The zero-order chi connectivity index (χ0) is 20.0. The smallest absolute Gasteiger partial charge is 0.243 e. The number of halogens is 1. The molecule has 28 heavy (non-hydrogen) atoms. The van der Waals surface area contributed by atoms with Gasteiger partial charge in [-0.25, -0.2) is 12.8 Å². The van der Waals surface area contributed by atoms with Gasteiger partial charge in [-0.1, -0.05) is 36.4 Å². The monoisotopic (exact) mass is 405 g/mol. The van der Waals surface area contributed by atoms with Crippen molar-refractivity contribution in [2.45, 2.75) is 11.3 Å². The molecule has 0 aliphatic carbocycles. The maximum absolute atomic E-state index is 13.3. The Bertz CT molecular complexity index is 898. The summed E-state index contributed by atoms with van der Waals surface area (Å²) < 4.78 is 39.9. The molecule has 3 rings (SSSR count). The van der Waals surface area contributed by atoms with Crippen molar-refractivity contribution in [1.82, 2.24) is 14.5 Å². The molecule has 1 N–H and O–H groups in total. The van der Waals surface area contributed by atoms with Crippen LogP contribution in [0.4, 0.5) is 4.39 Å². The third kappa shape index (κ3) is 5.37. The van der Waals surface area contributed by atoms with E-state index in [-0.39, 0.29) is 30.4 Å². The van der Waals surface area contributed by atoms with Crippen LogP contribution in [0.5, 0.6) is 0 Å². The molecule has 1 aliphatic rings. The van der Waals surface area contributed by atoms with Gasteiger partial charge in [0.15, 0.2) is 0 Å². The van der Waals surface area contributed by atoms with Crippen LogP contribution in [0.25, 0.3) is 0 Å². The number of hydrogen-bond acceptors (Lipinski definition) is 4. The van der Waals surface area contributed by atoms with Crippen molar-refractivity contribution in [3.63, 3.8) is 0 Å². The number of carbonyl (C=O) groups is 1. The molecule has 0 aromatic heterocycles. The maximum Gasteiger partial charge on any atom is 0.243 e. The summed E-state index contributed by atoms with van der Waals surface area (Å²) in [4.78, 5) is 14.0. The van der Waals surface area contributed by atoms with Crippen molar-refractivity contribution in [2.24, 2.45) is 0 Å². The Morgan fingerprint density at radius 1 is 1.00 bits per heavy atom. The van der Waals surface area contributed by atoms with Crippen LogP contribution in [-0.4, -0.2) is 62.8 Å². The van der Waals surface area contributed by atoms with Gasteiger partial charge >= 0.3 is 0 Å². The van der Waals surface area contributed by atoms with Crippen molar-refractivity contribution in [3.05, 3.63) is 66.0 Å². The summed E-state index contributed by atoms with van der Waals surface area (Å²) >= 11 is 0. The average Bonchev–Trinajstić information content (AvgIpc) is 2.69. The van der Waals surface area contributed by atoms with Crippen LogP contribution in [0, 0.1) is 5.82 Å². The molecule has 6 nitrogen and oxygen atoms in total. The number of rotatable bonds is 7. The Balaban J connectivity index is 1.44. The lowest BCUT2D eigenvalue weighted by atomic mass is 10.1. The first-order valence-electron chi connectivity index (χ1n) is 9.24. The van der Waals surface area contributed by atoms with E-state index in [1.807, 2.05) is 35.2 Å². The van der Waals surface area contributed by atoms with Gasteiger partial charge in [-0.3, -0.25) is 9.69 Å². The predicted molar refractivity (Wildman–Crippen MR) is 105 cm³/mol. The van der Waals surface area contributed by atoms with Crippen molar-refractivity contribution in [3.8, 4) is 0 Å². The molecule has 1 aliphatic heterocycles. The fraction of sp³-hybridized carbons (Fsp3) is 0.350. The quantitative estimate of drug-likeness (QED) is 0.758. The molecule has 2 aromatic rings. The zero-order valence-corrected chi connectivity index (χ0v) is 16.4. The summed E-state index contributed by atoms with van der Waals surface area (Å²) in [7, 11) is -3.72. The van der Waals surface area contributed by atoms with E-state index in [0.717, 1.165) is 12.5 Å². The molecule has 8 heteroatoms. The first-order valence-corrected chi connectivity index (χ1v) is 10.7. The molecule has 150 valence electrons. The summed E-state index contributed by atoms with van der Waals surface area (Å²) in [6, 6.07) is 15.0. The van der Waals surface area contributed by atoms with Crippen LogP contribution in [0.15, 0.2) is 59.5 Å². The molecule has 1 fully saturated rings. The highest BCUT2D eigenvalue weighted by Crippen LogP contribution is 2.18. The molecule has 0 radical (unpaired) electrons. The number of benzene rings is 2. The molecule has 0 saturated carbocycles. The first-order chi connectivity index (χ1) is 13.4. The fourth-order valence-electron chi connectivity index (χ4n) is 3.15. The van der Waals surface area contributed by atoms with Crippen LogP contribution >= 0.6 is 0 Å². The van der Waals surface area contributed by atoms with E-state index in [9.17, 15) is 17.6 Å². The molecule has 0 bridgehead atoms. The molecule has 0 spiro atoms. The van der Waals surface area contributed by atoms with Gasteiger partial charge in [-0.05, 0) is 30.2 Å². The Morgan fingerprint density at radius 3 is 2.39 bits per heavy atom. The summed E-state index contributed by atoms with van der Waals surface area (Å²) in [6.07, 6.45) is 0.770. The molecule has 0 atom stereocenters. The van der Waals surface area contributed by atoms with Crippen LogP contribution in [0.2, 0.25) is 0 Å². The fourth-order valence-corrected chi connectivity index (χ4v) is 4.61. The topological polar surface area (TPSA) is 69.7 Å². The van der Waals surface area contributed by atoms with Crippen LogP contribution in [-0.2, 0) is 21.2 Å². The van der Waals surface area contributed by atoms with Gasteiger partial charge in [0, 0.05) is 32.7 Å². The molecular formula is C20H24FN3O3S. The van der Waals surface area contributed by atoms with E-state index in [4.69, 9.17) is 0 Å². The summed E-state index contributed by atoms with van der Waals surface area (Å²) in [5.41, 5.74) is 1.17. The van der Waals surface area contributed by atoms with Crippen LogP contribution < -0.4 is 5.32 Å². The van der Waals surface area contributed by atoms with Gasteiger partial charge in [0.2, 0.25) is 15.9 Å². The number of carbonyl (C=O) groups excluding carboxylic acids is 1. The van der Waals surface area contributed by atoms with E-state index in [1.54, 1.807) is 0 Å². The van der Waals surface area contributed by atoms with E-state index in [1.165, 1.54) is 28.1 Å². The Hall–Kier alpha value is -2.29. The van der Waals surface area contributed by atoms with Gasteiger partial charge in [-0.15, -0.1) is 0 Å². The Labute approximate surface area is 165 Å². The number of hydrogen-bond donors (Lipinski definition) is 1. The number of amides is 1. The minimum Gasteiger partial charge on any atom is -0.355 e. The van der Waals surface area contributed by atoms with Gasteiger partial charge in [0.25, 0.3) is 0 Å². The minimum atomic E-state index is -3.72. The second kappa shape index (κ2) is 9.27. The lowest BCUT2D eigenvalue weighted by Gasteiger charge is -2.33. The summed E-state index contributed by atoms with van der Waals surface area (Å²) in [5.74, 6) is -0.649. The Morgan fingerprint density at radius 2 is 1.71 bits per heavy atom. The van der Waals surface area contributed by atoms with E-state index < -0.39 is 15.8 Å². The predicted octanol–water partition coefficient (Wildman–Crippen LogP) is 1.49. The second-order valence-corrected chi connectivity index (χ2v) is 8.66. The minimum absolute atomic E-state index is 0.0420. The number of nitrogens with zero attached hydrogens (tertiary/aromatic N) is 2. The molecule has 1 amide bonds. The molecular weight excluding hydrogens is 381 g/mol. The van der Waals surface area contributed by atoms with Crippen LogP contribution in [0.3, 0.4) is 0 Å². The number of nitrogens with one attached hydrogen (secondary N) is 1. The lowest BCUT2D eigenvalue weighted by molar-refractivity contribution is -0.122. The SMILES string of the molecule is O=C(CN1CCN(S(=O)(=O)c2cccc(F)c2)CC1)NCCc1ccccc1. The van der Waals surface area contributed by atoms with Crippen LogP contribution in [0.1, 0.15) is 5.56 Å². The summed E-state index contributed by atoms with van der Waals surface area (Å²) in [5, 5.41) is 2.90. The molecule has 1 saturated heterocycles. The third-order valence-electron chi connectivity index (χ3n) is 4.71. The zero-order valence-electron chi connectivity index (χ0n) is 15.6. The summed E-state index contributed by atoms with van der Waals surface area (Å²) in [6.45, 7) is 2.27. The Kier molecular flexibility index (Phi) is 6.77. The highest BCUT2D eigenvalue weighted by atomic mass is 32.2. The van der Waals surface area contributed by atoms with Crippen molar-refractivity contribution in [1.29, 1.82) is 0 Å². The number of sulfonamides is 1. The number of piperazine rings is 1. The van der Waals surface area contributed by atoms with Gasteiger partial charge in [0.1, 0.15) is 5.82 Å².